The van der Waals surface area contributed by atoms with E-state index < -0.39 is 5.97 Å². The van der Waals surface area contributed by atoms with Gasteiger partial charge in [0.1, 0.15) is 0 Å². The van der Waals surface area contributed by atoms with E-state index in [1.54, 1.807) is 0 Å². The van der Waals surface area contributed by atoms with Crippen LogP contribution in [-0.4, -0.2) is 26.7 Å². The molecule has 0 radical (unpaired) electrons. The van der Waals surface area contributed by atoms with Crippen molar-refractivity contribution in [2.45, 2.75) is 57.9 Å². The quantitative estimate of drug-likeness (QED) is 0.236. The predicted molar refractivity (Wildman–Crippen MR) is 150 cm³/mol. The van der Waals surface area contributed by atoms with E-state index in [0.29, 0.717) is 13.0 Å². The molecule has 6 nitrogen and oxygen atoms in total. The normalized spacial score (nSPS) is 14.6. The number of aromatic nitrogens is 1. The highest BCUT2D eigenvalue weighted by molar-refractivity contribution is 5.97. The highest BCUT2D eigenvalue weighted by Crippen LogP contribution is 2.39. The van der Waals surface area contributed by atoms with Crippen molar-refractivity contribution in [3.8, 4) is 5.88 Å². The van der Waals surface area contributed by atoms with E-state index in [-0.39, 0.29) is 30.0 Å². The molecule has 6 heteroatoms. The Bertz CT molecular complexity index is 1450. The number of aromatic hydroxyl groups is 1. The maximum atomic E-state index is 13.7. The summed E-state index contributed by atoms with van der Waals surface area (Å²) in [5.41, 5.74) is 4.65. The third-order valence-corrected chi connectivity index (χ3v) is 7.93. The van der Waals surface area contributed by atoms with Crippen molar-refractivity contribution in [1.29, 1.82) is 0 Å². The topological polar surface area (TPSA) is 91.6 Å². The summed E-state index contributed by atoms with van der Waals surface area (Å²) in [6.45, 7) is 2.48. The third kappa shape index (κ3) is 5.44. The van der Waals surface area contributed by atoms with Crippen LogP contribution in [0.25, 0.3) is 10.8 Å². The molecule has 1 saturated carbocycles. The van der Waals surface area contributed by atoms with E-state index in [1.165, 1.54) is 0 Å². The maximum absolute atomic E-state index is 13.7. The molecule has 1 fully saturated rings. The van der Waals surface area contributed by atoms with Crippen molar-refractivity contribution in [3.05, 3.63) is 95.2 Å². The van der Waals surface area contributed by atoms with E-state index in [2.05, 4.69) is 5.32 Å². The number of aliphatic carboxylic acids is 1. The van der Waals surface area contributed by atoms with Gasteiger partial charge in [0, 0.05) is 29.1 Å². The van der Waals surface area contributed by atoms with E-state index in [4.69, 9.17) is 5.11 Å². The first-order valence-electron chi connectivity index (χ1n) is 13.4. The summed E-state index contributed by atoms with van der Waals surface area (Å²) in [7, 11) is 0. The van der Waals surface area contributed by atoms with Gasteiger partial charge in [-0.2, -0.15) is 0 Å². The highest BCUT2D eigenvalue weighted by Gasteiger charge is 2.32. The number of rotatable bonds is 9. The molecule has 1 aliphatic carbocycles. The Hall–Kier alpha value is -4.06. The number of carboxylic acids is 1. The summed E-state index contributed by atoms with van der Waals surface area (Å²) in [6, 6.07) is 21.7. The van der Waals surface area contributed by atoms with E-state index in [9.17, 15) is 14.7 Å². The lowest BCUT2D eigenvalue weighted by atomic mass is 9.83. The van der Waals surface area contributed by atoms with E-state index in [0.717, 1.165) is 64.4 Å². The SMILES string of the molecule is Cc1c(CCC(=O)O)cccc1NC(=O)C(c1ccc(Cn2cc3ccccc3c2O)cc1)C1CCCC1. The fraction of sp³-hybridized carbons (Fsp3) is 0.312. The number of benzene rings is 3. The van der Waals surface area contributed by atoms with Gasteiger partial charge in [-0.05, 0) is 66.5 Å². The molecule has 1 unspecified atom stereocenters. The molecular formula is C32H34N2O4. The van der Waals surface area contributed by atoms with Crippen LogP contribution in [0.3, 0.4) is 0 Å². The lowest BCUT2D eigenvalue weighted by molar-refractivity contribution is -0.137. The van der Waals surface area contributed by atoms with Crippen LogP contribution >= 0.6 is 0 Å². The molecule has 38 heavy (non-hydrogen) atoms. The van der Waals surface area contributed by atoms with Crippen LogP contribution in [0.4, 0.5) is 5.69 Å². The second kappa shape index (κ2) is 11.1. The fourth-order valence-electron chi connectivity index (χ4n) is 5.81. The molecule has 1 amide bonds. The lowest BCUT2D eigenvalue weighted by Gasteiger charge is -2.24. The van der Waals surface area contributed by atoms with Gasteiger partial charge in [-0.3, -0.25) is 9.59 Å². The Labute approximate surface area is 222 Å². The van der Waals surface area contributed by atoms with Gasteiger partial charge in [0.05, 0.1) is 12.5 Å². The van der Waals surface area contributed by atoms with Crippen LogP contribution in [0.5, 0.6) is 5.88 Å². The Morgan fingerprint density at radius 1 is 1.00 bits per heavy atom. The number of nitrogens with one attached hydrogen (secondary N) is 1. The smallest absolute Gasteiger partial charge is 0.303 e. The van der Waals surface area contributed by atoms with Gasteiger partial charge in [-0.1, -0.05) is 67.4 Å². The van der Waals surface area contributed by atoms with Crippen LogP contribution < -0.4 is 5.32 Å². The van der Waals surface area contributed by atoms with Crippen molar-refractivity contribution >= 4 is 28.3 Å². The summed E-state index contributed by atoms with van der Waals surface area (Å²) < 4.78 is 1.85. The molecule has 0 aliphatic heterocycles. The number of carbonyl (C=O) groups excluding carboxylic acids is 1. The molecule has 1 atom stereocenters. The highest BCUT2D eigenvalue weighted by atomic mass is 16.4. The van der Waals surface area contributed by atoms with Crippen LogP contribution in [-0.2, 0) is 22.6 Å². The number of hydrogen-bond acceptors (Lipinski definition) is 3. The summed E-state index contributed by atoms with van der Waals surface area (Å²) in [4.78, 5) is 24.7. The van der Waals surface area contributed by atoms with Crippen LogP contribution in [0.15, 0.2) is 72.9 Å². The van der Waals surface area contributed by atoms with Crippen LogP contribution in [0, 0.1) is 12.8 Å². The average molecular weight is 511 g/mol. The van der Waals surface area contributed by atoms with Crippen molar-refractivity contribution in [3.63, 3.8) is 0 Å². The first-order valence-corrected chi connectivity index (χ1v) is 13.4. The van der Waals surface area contributed by atoms with Gasteiger partial charge in [-0.25, -0.2) is 0 Å². The Kier molecular flexibility index (Phi) is 7.50. The van der Waals surface area contributed by atoms with Gasteiger partial charge in [0.2, 0.25) is 5.91 Å². The Morgan fingerprint density at radius 3 is 2.45 bits per heavy atom. The third-order valence-electron chi connectivity index (χ3n) is 7.93. The average Bonchev–Trinajstić information content (AvgIpc) is 3.54. The number of amides is 1. The molecular weight excluding hydrogens is 476 g/mol. The molecule has 1 heterocycles. The zero-order chi connectivity index (χ0) is 26.6. The van der Waals surface area contributed by atoms with Crippen molar-refractivity contribution in [2.24, 2.45) is 5.92 Å². The molecule has 0 spiro atoms. The van der Waals surface area contributed by atoms with Gasteiger partial charge in [-0.15, -0.1) is 0 Å². The van der Waals surface area contributed by atoms with Gasteiger partial charge >= 0.3 is 5.97 Å². The number of carboxylic acid groups (broad SMARTS) is 1. The Balaban J connectivity index is 1.36. The minimum absolute atomic E-state index is 0.0163. The first-order chi connectivity index (χ1) is 18.4. The molecule has 3 aromatic carbocycles. The first kappa shape index (κ1) is 25.6. The monoisotopic (exact) mass is 510 g/mol. The number of carbonyl (C=O) groups is 2. The molecule has 3 N–H and O–H groups in total. The molecule has 196 valence electrons. The van der Waals surface area contributed by atoms with Crippen LogP contribution in [0.2, 0.25) is 0 Å². The number of hydrogen-bond donors (Lipinski definition) is 3. The molecule has 1 aliphatic rings. The summed E-state index contributed by atoms with van der Waals surface area (Å²) in [5, 5.41) is 24.7. The second-order valence-electron chi connectivity index (χ2n) is 10.4. The summed E-state index contributed by atoms with van der Waals surface area (Å²) in [5.74, 6) is -0.554. The minimum atomic E-state index is -0.830. The lowest BCUT2D eigenvalue weighted by Crippen LogP contribution is -2.27. The minimum Gasteiger partial charge on any atom is -0.494 e. The van der Waals surface area contributed by atoms with E-state index in [1.807, 2.05) is 84.4 Å². The molecule has 0 bridgehead atoms. The predicted octanol–water partition coefficient (Wildman–Crippen LogP) is 6.63. The van der Waals surface area contributed by atoms with E-state index >= 15 is 0 Å². The zero-order valence-electron chi connectivity index (χ0n) is 21.7. The molecule has 5 rings (SSSR count). The van der Waals surface area contributed by atoms with Gasteiger partial charge < -0.3 is 20.1 Å². The molecule has 4 aromatic rings. The van der Waals surface area contributed by atoms with Gasteiger partial charge in [0.25, 0.3) is 0 Å². The fourth-order valence-corrected chi connectivity index (χ4v) is 5.81. The number of nitrogens with zero attached hydrogens (tertiary/aromatic N) is 1. The molecule has 1 aromatic heterocycles. The van der Waals surface area contributed by atoms with Crippen molar-refractivity contribution in [2.75, 3.05) is 5.32 Å². The molecule has 0 saturated heterocycles. The largest absolute Gasteiger partial charge is 0.494 e. The number of aryl methyl sites for hydroxylation is 1. The Morgan fingerprint density at radius 2 is 1.74 bits per heavy atom. The number of anilines is 1. The van der Waals surface area contributed by atoms with Crippen molar-refractivity contribution in [1.82, 2.24) is 4.57 Å². The van der Waals surface area contributed by atoms with Gasteiger partial charge in [0.15, 0.2) is 5.88 Å². The number of fused-ring (bicyclic) bond motifs is 1. The van der Waals surface area contributed by atoms with Crippen molar-refractivity contribution < 1.29 is 19.8 Å². The second-order valence-corrected chi connectivity index (χ2v) is 10.4. The summed E-state index contributed by atoms with van der Waals surface area (Å²) in [6.07, 6.45) is 6.78. The van der Waals surface area contributed by atoms with Crippen LogP contribution in [0.1, 0.15) is 60.3 Å². The maximum Gasteiger partial charge on any atom is 0.303 e. The standard InChI is InChI=1S/C32H34N2O4/c1-21-23(17-18-29(35)36)10-6-12-28(21)33-31(37)30(24-7-2-3-8-24)25-15-13-22(14-16-25)19-34-20-26-9-4-5-11-27(26)32(34)38/h4-6,9-16,20,24,30,38H,2-3,7-8,17-19H2,1H3,(H,33,37)(H,35,36). The zero-order valence-corrected chi connectivity index (χ0v) is 21.7. The summed E-state index contributed by atoms with van der Waals surface area (Å²) >= 11 is 0.